The second kappa shape index (κ2) is 14.7. The lowest BCUT2D eigenvalue weighted by Gasteiger charge is -2.25. The van der Waals surface area contributed by atoms with Gasteiger partial charge in [-0.05, 0) is 60.2 Å². The van der Waals surface area contributed by atoms with E-state index in [0.717, 1.165) is 5.56 Å². The maximum absolute atomic E-state index is 13.6. The number of anilines is 2. The number of methoxy groups -OCH3 is 2. The van der Waals surface area contributed by atoms with Crippen LogP contribution in [0.3, 0.4) is 0 Å². The zero-order valence-corrected chi connectivity index (χ0v) is 25.7. The summed E-state index contributed by atoms with van der Waals surface area (Å²) < 4.78 is 11.8. The van der Waals surface area contributed by atoms with Gasteiger partial charge in [-0.1, -0.05) is 53.7 Å². The Kier molecular flexibility index (Phi) is 10.0. The molecule has 5 aromatic rings. The summed E-state index contributed by atoms with van der Waals surface area (Å²) in [6.07, 6.45) is 1.95. The molecule has 234 valence electrons. The van der Waals surface area contributed by atoms with Crippen molar-refractivity contribution in [2.75, 3.05) is 31.5 Å². The summed E-state index contributed by atoms with van der Waals surface area (Å²) >= 11 is 0. The monoisotopic (exact) mass is 618 g/mol. The van der Waals surface area contributed by atoms with Crippen molar-refractivity contribution < 1.29 is 23.9 Å². The molecule has 5 rings (SSSR count). The highest BCUT2D eigenvalue weighted by Crippen LogP contribution is 2.22. The SMILES string of the molecule is COc1ccc(N(C)C(=O)C(Cc2ccccc2)NC(=O)Cn2cc(-c3cccc(NC(=O)c4cccc(OC)c4)c3)nn2)cc1. The zero-order valence-electron chi connectivity index (χ0n) is 25.7. The van der Waals surface area contributed by atoms with E-state index < -0.39 is 11.9 Å². The Hall–Kier alpha value is -5.97. The largest absolute Gasteiger partial charge is 0.497 e. The lowest BCUT2D eigenvalue weighted by molar-refractivity contribution is -0.127. The normalized spacial score (nSPS) is 11.3. The number of hydrogen-bond acceptors (Lipinski definition) is 7. The van der Waals surface area contributed by atoms with Crippen LogP contribution < -0.4 is 25.0 Å². The molecule has 0 radical (unpaired) electrons. The number of nitrogens with one attached hydrogen (secondary N) is 2. The Morgan fingerprint density at radius 2 is 1.59 bits per heavy atom. The topological polar surface area (TPSA) is 128 Å². The van der Waals surface area contributed by atoms with Crippen LogP contribution in [-0.2, 0) is 22.6 Å². The van der Waals surface area contributed by atoms with Gasteiger partial charge < -0.3 is 25.0 Å². The van der Waals surface area contributed by atoms with Crippen LogP contribution in [0.2, 0.25) is 0 Å². The van der Waals surface area contributed by atoms with Gasteiger partial charge in [0.2, 0.25) is 11.8 Å². The molecule has 11 heteroatoms. The van der Waals surface area contributed by atoms with Crippen molar-refractivity contribution in [1.82, 2.24) is 20.3 Å². The lowest BCUT2D eigenvalue weighted by Crippen LogP contribution is -2.49. The smallest absolute Gasteiger partial charge is 0.255 e. The van der Waals surface area contributed by atoms with Gasteiger partial charge in [0, 0.05) is 36.0 Å². The van der Waals surface area contributed by atoms with Crippen LogP contribution in [0, 0.1) is 0 Å². The van der Waals surface area contributed by atoms with Gasteiger partial charge in [0.1, 0.15) is 29.8 Å². The van der Waals surface area contributed by atoms with E-state index in [4.69, 9.17) is 9.47 Å². The van der Waals surface area contributed by atoms with Gasteiger partial charge in [0.25, 0.3) is 5.91 Å². The average molecular weight is 619 g/mol. The third kappa shape index (κ3) is 7.94. The van der Waals surface area contributed by atoms with E-state index in [9.17, 15) is 14.4 Å². The first-order valence-electron chi connectivity index (χ1n) is 14.5. The first kappa shape index (κ1) is 31.5. The van der Waals surface area contributed by atoms with Crippen molar-refractivity contribution in [3.63, 3.8) is 0 Å². The first-order valence-corrected chi connectivity index (χ1v) is 14.5. The zero-order chi connectivity index (χ0) is 32.5. The quantitative estimate of drug-likeness (QED) is 0.209. The third-order valence-electron chi connectivity index (χ3n) is 7.30. The molecule has 0 aliphatic heterocycles. The lowest BCUT2D eigenvalue weighted by atomic mass is 10.0. The number of ether oxygens (including phenoxy) is 2. The summed E-state index contributed by atoms with van der Waals surface area (Å²) in [6, 6.07) is 29.8. The third-order valence-corrected chi connectivity index (χ3v) is 7.30. The summed E-state index contributed by atoms with van der Waals surface area (Å²) in [5.41, 5.74) is 3.82. The van der Waals surface area contributed by atoms with Crippen molar-refractivity contribution in [3.8, 4) is 22.8 Å². The van der Waals surface area contributed by atoms with Gasteiger partial charge in [-0.3, -0.25) is 14.4 Å². The van der Waals surface area contributed by atoms with Gasteiger partial charge in [0.05, 0.1) is 20.4 Å². The first-order chi connectivity index (χ1) is 22.3. The average Bonchev–Trinajstić information content (AvgIpc) is 3.56. The second-order valence-corrected chi connectivity index (χ2v) is 10.5. The van der Waals surface area contributed by atoms with Gasteiger partial charge in [-0.2, -0.15) is 0 Å². The molecule has 3 amide bonds. The molecule has 1 heterocycles. The Labute approximate surface area is 266 Å². The predicted molar refractivity (Wildman–Crippen MR) is 175 cm³/mol. The Balaban J connectivity index is 1.26. The fourth-order valence-electron chi connectivity index (χ4n) is 4.84. The molecule has 1 aromatic heterocycles. The highest BCUT2D eigenvalue weighted by molar-refractivity contribution is 6.04. The Bertz CT molecular complexity index is 1810. The molecule has 0 aliphatic carbocycles. The van der Waals surface area contributed by atoms with E-state index in [1.807, 2.05) is 36.4 Å². The van der Waals surface area contributed by atoms with Crippen molar-refractivity contribution in [1.29, 1.82) is 0 Å². The molecular weight excluding hydrogens is 584 g/mol. The highest BCUT2D eigenvalue weighted by atomic mass is 16.5. The minimum Gasteiger partial charge on any atom is -0.497 e. The van der Waals surface area contributed by atoms with Crippen LogP contribution in [0.25, 0.3) is 11.3 Å². The highest BCUT2D eigenvalue weighted by Gasteiger charge is 2.26. The maximum Gasteiger partial charge on any atom is 0.255 e. The fourth-order valence-corrected chi connectivity index (χ4v) is 4.84. The van der Waals surface area contributed by atoms with Crippen LogP contribution in [0.4, 0.5) is 11.4 Å². The van der Waals surface area contributed by atoms with Gasteiger partial charge in [0.15, 0.2) is 0 Å². The Morgan fingerprint density at radius 3 is 2.33 bits per heavy atom. The van der Waals surface area contributed by atoms with E-state index in [1.54, 1.807) is 94.2 Å². The van der Waals surface area contributed by atoms with Gasteiger partial charge in [-0.15, -0.1) is 5.10 Å². The maximum atomic E-state index is 13.6. The van der Waals surface area contributed by atoms with Crippen molar-refractivity contribution in [2.45, 2.75) is 19.0 Å². The van der Waals surface area contributed by atoms with Gasteiger partial charge >= 0.3 is 0 Å². The molecule has 0 spiro atoms. The van der Waals surface area contributed by atoms with E-state index in [0.29, 0.717) is 46.1 Å². The summed E-state index contributed by atoms with van der Waals surface area (Å²) in [7, 11) is 4.79. The van der Waals surface area contributed by atoms with Crippen LogP contribution in [0.1, 0.15) is 15.9 Å². The molecule has 0 aliphatic rings. The second-order valence-electron chi connectivity index (χ2n) is 10.5. The number of aromatic nitrogens is 3. The molecule has 2 N–H and O–H groups in total. The van der Waals surface area contributed by atoms with Crippen LogP contribution in [0.5, 0.6) is 11.5 Å². The minimum atomic E-state index is -0.824. The number of amides is 3. The molecule has 0 saturated carbocycles. The molecular formula is C35H34N6O5. The van der Waals surface area contributed by atoms with Crippen LogP contribution in [-0.4, -0.2) is 60.0 Å². The van der Waals surface area contributed by atoms with E-state index in [1.165, 1.54) is 9.58 Å². The number of nitrogens with zero attached hydrogens (tertiary/aromatic N) is 4. The Morgan fingerprint density at radius 1 is 0.848 bits per heavy atom. The van der Waals surface area contributed by atoms with Crippen LogP contribution >= 0.6 is 0 Å². The van der Waals surface area contributed by atoms with Gasteiger partial charge in [-0.25, -0.2) is 4.68 Å². The van der Waals surface area contributed by atoms with Crippen molar-refractivity contribution >= 4 is 29.1 Å². The van der Waals surface area contributed by atoms with E-state index in [-0.39, 0.29) is 18.4 Å². The molecule has 11 nitrogen and oxygen atoms in total. The summed E-state index contributed by atoms with van der Waals surface area (Å²) in [5.74, 6) is 0.314. The number of likely N-dealkylation sites (N-methyl/N-ethyl adjacent to an activating group) is 1. The standard InChI is InChI=1S/C35H34N6O5/c1-40(28-15-17-29(45-2)18-16-28)35(44)31(19-24-9-5-4-6-10-24)37-33(42)23-41-22-32(38-39-41)25-11-7-13-27(20-25)36-34(43)26-12-8-14-30(21-26)46-3/h4-18,20-22,31H,19,23H2,1-3H3,(H,36,43)(H,37,42). The fraction of sp³-hybridized carbons (Fsp3) is 0.171. The van der Waals surface area contributed by atoms with Crippen molar-refractivity contribution in [2.24, 2.45) is 0 Å². The number of benzene rings is 4. The molecule has 46 heavy (non-hydrogen) atoms. The summed E-state index contributed by atoms with van der Waals surface area (Å²) in [4.78, 5) is 41.1. The molecule has 1 atom stereocenters. The van der Waals surface area contributed by atoms with E-state index in [2.05, 4.69) is 20.9 Å². The molecule has 0 fully saturated rings. The number of carbonyl (C=O) groups excluding carboxylic acids is 3. The molecule has 0 bridgehead atoms. The predicted octanol–water partition coefficient (Wildman–Crippen LogP) is 4.61. The molecule has 1 unspecified atom stereocenters. The number of rotatable bonds is 12. The molecule has 0 saturated heterocycles. The number of hydrogen-bond donors (Lipinski definition) is 2. The molecule has 4 aromatic carbocycles. The van der Waals surface area contributed by atoms with Crippen molar-refractivity contribution in [3.05, 3.63) is 120 Å². The van der Waals surface area contributed by atoms with E-state index >= 15 is 0 Å². The number of carbonyl (C=O) groups is 3. The summed E-state index contributed by atoms with van der Waals surface area (Å²) in [5, 5.41) is 14.1. The summed E-state index contributed by atoms with van der Waals surface area (Å²) in [6.45, 7) is -0.149. The minimum absolute atomic E-state index is 0.149. The van der Waals surface area contributed by atoms with Crippen LogP contribution in [0.15, 0.2) is 109 Å².